The first kappa shape index (κ1) is 17.2. The lowest BCUT2D eigenvalue weighted by Crippen LogP contribution is -2.49. The summed E-state index contributed by atoms with van der Waals surface area (Å²) in [6.45, 7) is 3.84. The number of rotatable bonds is 3. The molecule has 0 saturated carbocycles. The summed E-state index contributed by atoms with van der Waals surface area (Å²) in [6.07, 6.45) is 0. The summed E-state index contributed by atoms with van der Waals surface area (Å²) >= 11 is 0. The minimum atomic E-state index is -0.123. The molecule has 0 spiro atoms. The minimum Gasteiger partial charge on any atom is -0.329 e. The van der Waals surface area contributed by atoms with Gasteiger partial charge in [0, 0.05) is 37.8 Å². The molecule has 130 valence electrons. The van der Waals surface area contributed by atoms with Crippen LogP contribution < -0.4 is 5.32 Å². The van der Waals surface area contributed by atoms with Crippen molar-refractivity contribution in [3.05, 3.63) is 65.7 Å². The Morgan fingerprint density at radius 3 is 2.32 bits per heavy atom. The molecular weight excluding hydrogens is 314 g/mol. The van der Waals surface area contributed by atoms with Crippen molar-refractivity contribution in [1.29, 1.82) is 0 Å². The Hall–Kier alpha value is -2.66. The summed E-state index contributed by atoms with van der Waals surface area (Å²) in [5.41, 5.74) is 2.49. The molecule has 5 heteroatoms. The molecule has 2 aromatic carbocycles. The molecule has 2 aromatic rings. The van der Waals surface area contributed by atoms with Gasteiger partial charge in [-0.15, -0.1) is 0 Å². The van der Waals surface area contributed by atoms with E-state index < -0.39 is 0 Å². The third kappa shape index (κ3) is 4.06. The lowest BCUT2D eigenvalue weighted by atomic mass is 10.0. The predicted molar refractivity (Wildman–Crippen MR) is 98.5 cm³/mol. The van der Waals surface area contributed by atoms with Gasteiger partial charge in [0.1, 0.15) is 0 Å². The second kappa shape index (κ2) is 7.49. The Morgan fingerprint density at radius 2 is 1.68 bits per heavy atom. The molecule has 0 bridgehead atoms. The number of nitrogens with one attached hydrogen (secondary N) is 1. The van der Waals surface area contributed by atoms with Crippen LogP contribution >= 0.6 is 0 Å². The Morgan fingerprint density at radius 1 is 1.00 bits per heavy atom. The number of benzene rings is 2. The molecule has 1 unspecified atom stereocenters. The van der Waals surface area contributed by atoms with E-state index in [1.54, 1.807) is 24.3 Å². The highest BCUT2D eigenvalue weighted by atomic mass is 16.2. The summed E-state index contributed by atoms with van der Waals surface area (Å²) in [5.74, 6) is -0.0985. The van der Waals surface area contributed by atoms with Gasteiger partial charge in [-0.1, -0.05) is 30.3 Å². The second-order valence-corrected chi connectivity index (χ2v) is 6.45. The van der Waals surface area contributed by atoms with Crippen LogP contribution in [0, 0.1) is 0 Å². The third-order valence-corrected chi connectivity index (χ3v) is 4.48. The number of hydrogen-bond donors (Lipinski definition) is 1. The maximum Gasteiger partial charge on any atom is 0.254 e. The van der Waals surface area contributed by atoms with Crippen molar-refractivity contribution in [2.75, 3.05) is 32.0 Å². The summed E-state index contributed by atoms with van der Waals surface area (Å²) in [6, 6.07) is 17.3. The van der Waals surface area contributed by atoms with Crippen molar-refractivity contribution in [2.45, 2.75) is 13.0 Å². The van der Waals surface area contributed by atoms with E-state index in [2.05, 4.69) is 29.4 Å². The fourth-order valence-electron chi connectivity index (χ4n) is 3.19. The van der Waals surface area contributed by atoms with E-state index >= 15 is 0 Å². The SMILES string of the molecule is CC(=O)Nc1ccc(C(=O)N2CCN(C)CC2c2ccccc2)cc1. The topological polar surface area (TPSA) is 52.7 Å². The smallest absolute Gasteiger partial charge is 0.254 e. The van der Waals surface area contributed by atoms with E-state index in [0.29, 0.717) is 17.8 Å². The van der Waals surface area contributed by atoms with E-state index in [1.165, 1.54) is 6.92 Å². The first-order valence-corrected chi connectivity index (χ1v) is 8.46. The number of carbonyl (C=O) groups is 2. The number of piperazine rings is 1. The monoisotopic (exact) mass is 337 g/mol. The van der Waals surface area contributed by atoms with E-state index in [1.807, 2.05) is 23.1 Å². The maximum absolute atomic E-state index is 13.0. The number of anilines is 1. The average Bonchev–Trinajstić information content (AvgIpc) is 2.62. The summed E-state index contributed by atoms with van der Waals surface area (Å²) < 4.78 is 0. The van der Waals surface area contributed by atoms with Crippen LogP contribution in [0.3, 0.4) is 0 Å². The first-order chi connectivity index (χ1) is 12.0. The lowest BCUT2D eigenvalue weighted by Gasteiger charge is -2.40. The minimum absolute atomic E-state index is 0.0244. The molecule has 1 N–H and O–H groups in total. The second-order valence-electron chi connectivity index (χ2n) is 6.45. The molecule has 2 amide bonds. The molecule has 1 aliphatic heterocycles. The number of nitrogens with zero attached hydrogens (tertiary/aromatic N) is 2. The molecule has 1 heterocycles. The zero-order valence-corrected chi connectivity index (χ0v) is 14.6. The van der Waals surface area contributed by atoms with Gasteiger partial charge >= 0.3 is 0 Å². The van der Waals surface area contributed by atoms with Crippen LogP contribution in [-0.2, 0) is 4.79 Å². The van der Waals surface area contributed by atoms with Crippen LogP contribution in [0.1, 0.15) is 28.9 Å². The number of carbonyl (C=O) groups excluding carboxylic acids is 2. The molecule has 0 aliphatic carbocycles. The van der Waals surface area contributed by atoms with Crippen molar-refractivity contribution in [1.82, 2.24) is 9.80 Å². The van der Waals surface area contributed by atoms with Crippen LogP contribution in [0.15, 0.2) is 54.6 Å². The van der Waals surface area contributed by atoms with Gasteiger partial charge in [0.05, 0.1) is 6.04 Å². The van der Waals surface area contributed by atoms with Gasteiger partial charge in [-0.05, 0) is 36.9 Å². The van der Waals surface area contributed by atoms with Crippen molar-refractivity contribution in [3.8, 4) is 0 Å². The van der Waals surface area contributed by atoms with Gasteiger partial charge in [0.2, 0.25) is 5.91 Å². The zero-order valence-electron chi connectivity index (χ0n) is 14.6. The number of hydrogen-bond acceptors (Lipinski definition) is 3. The van der Waals surface area contributed by atoms with Crippen LogP contribution in [0.25, 0.3) is 0 Å². The Labute approximate surface area is 148 Å². The largest absolute Gasteiger partial charge is 0.329 e. The summed E-state index contributed by atoms with van der Waals surface area (Å²) in [7, 11) is 2.08. The summed E-state index contributed by atoms with van der Waals surface area (Å²) in [4.78, 5) is 28.4. The molecule has 1 fully saturated rings. The lowest BCUT2D eigenvalue weighted by molar-refractivity contribution is -0.114. The van der Waals surface area contributed by atoms with Gasteiger partial charge in [0.15, 0.2) is 0 Å². The van der Waals surface area contributed by atoms with E-state index in [4.69, 9.17) is 0 Å². The van der Waals surface area contributed by atoms with Crippen molar-refractivity contribution >= 4 is 17.5 Å². The predicted octanol–water partition coefficient (Wildman–Crippen LogP) is 2.77. The Bertz CT molecular complexity index is 743. The molecular formula is C20H23N3O2. The van der Waals surface area contributed by atoms with Crippen LogP contribution in [0.2, 0.25) is 0 Å². The molecule has 1 aliphatic rings. The van der Waals surface area contributed by atoms with Gasteiger partial charge in [-0.2, -0.15) is 0 Å². The van der Waals surface area contributed by atoms with Crippen LogP contribution in [0.4, 0.5) is 5.69 Å². The van der Waals surface area contributed by atoms with Crippen molar-refractivity contribution in [3.63, 3.8) is 0 Å². The van der Waals surface area contributed by atoms with Crippen molar-refractivity contribution < 1.29 is 9.59 Å². The Kier molecular flexibility index (Phi) is 5.14. The average molecular weight is 337 g/mol. The standard InChI is InChI=1S/C20H23N3O2/c1-15(24)21-18-10-8-17(9-11-18)20(25)23-13-12-22(2)14-19(23)16-6-4-3-5-7-16/h3-11,19H,12-14H2,1-2H3,(H,21,24). The number of likely N-dealkylation sites (N-methyl/N-ethyl adjacent to an activating group) is 1. The molecule has 1 saturated heterocycles. The highest BCUT2D eigenvalue weighted by Gasteiger charge is 2.30. The van der Waals surface area contributed by atoms with Gasteiger partial charge in [-0.3, -0.25) is 9.59 Å². The first-order valence-electron chi connectivity index (χ1n) is 8.46. The molecule has 1 atom stereocenters. The fraction of sp³-hybridized carbons (Fsp3) is 0.300. The van der Waals surface area contributed by atoms with Crippen molar-refractivity contribution in [2.24, 2.45) is 0 Å². The van der Waals surface area contributed by atoms with Crippen LogP contribution in [-0.4, -0.2) is 48.3 Å². The quantitative estimate of drug-likeness (QED) is 0.937. The maximum atomic E-state index is 13.0. The molecule has 25 heavy (non-hydrogen) atoms. The van der Waals surface area contributed by atoms with E-state index in [9.17, 15) is 9.59 Å². The third-order valence-electron chi connectivity index (χ3n) is 4.48. The molecule has 3 rings (SSSR count). The van der Waals surface area contributed by atoms with E-state index in [-0.39, 0.29) is 17.9 Å². The zero-order chi connectivity index (χ0) is 17.8. The highest BCUT2D eigenvalue weighted by molar-refractivity contribution is 5.95. The molecule has 5 nitrogen and oxygen atoms in total. The van der Waals surface area contributed by atoms with Gasteiger partial charge in [0.25, 0.3) is 5.91 Å². The van der Waals surface area contributed by atoms with E-state index in [0.717, 1.165) is 18.7 Å². The molecule has 0 aromatic heterocycles. The highest BCUT2D eigenvalue weighted by Crippen LogP contribution is 2.26. The number of amides is 2. The fourth-order valence-corrected chi connectivity index (χ4v) is 3.19. The summed E-state index contributed by atoms with van der Waals surface area (Å²) in [5, 5.41) is 2.72. The van der Waals surface area contributed by atoms with Crippen LogP contribution in [0.5, 0.6) is 0 Å². The van der Waals surface area contributed by atoms with Gasteiger partial charge in [-0.25, -0.2) is 0 Å². The van der Waals surface area contributed by atoms with Gasteiger partial charge < -0.3 is 15.1 Å². The Balaban J connectivity index is 1.82. The molecule has 0 radical (unpaired) electrons. The normalized spacial score (nSPS) is 18.0.